The van der Waals surface area contributed by atoms with Gasteiger partial charge in [0.25, 0.3) is 0 Å². The molecule has 0 spiro atoms. The fourth-order valence-corrected chi connectivity index (χ4v) is 2.29. The molecule has 11 heavy (non-hydrogen) atoms. The summed E-state index contributed by atoms with van der Waals surface area (Å²) in [5, 5.41) is 0. The minimum absolute atomic E-state index is 0.488. The summed E-state index contributed by atoms with van der Waals surface area (Å²) >= 11 is 0. The zero-order valence-electron chi connectivity index (χ0n) is 5.45. The number of hydrogen-bond acceptors (Lipinski definition) is 3. The minimum Gasteiger partial charge on any atom is -0.324 e. The Labute approximate surface area is 63.3 Å². The highest BCUT2D eigenvalue weighted by atomic mass is 31.3. The van der Waals surface area contributed by atoms with Crippen molar-refractivity contribution >= 4 is 15.4 Å². The summed E-state index contributed by atoms with van der Waals surface area (Å²) in [5.41, 5.74) is 0. The van der Waals surface area contributed by atoms with Gasteiger partial charge in [-0.25, -0.2) is 8.88 Å². The number of rotatable bonds is 4. The van der Waals surface area contributed by atoms with Crippen LogP contribution in [-0.4, -0.2) is 20.8 Å². The van der Waals surface area contributed by atoms with Crippen LogP contribution < -0.4 is 0 Å². The van der Waals surface area contributed by atoms with E-state index in [1.165, 1.54) is 0 Å². The zero-order chi connectivity index (χ0) is 9.12. The van der Waals surface area contributed by atoms with Crippen LogP contribution in [0.2, 0.25) is 0 Å². The van der Waals surface area contributed by atoms with Crippen LogP contribution in [-0.2, 0) is 13.4 Å². The lowest BCUT2D eigenvalue weighted by Gasteiger charge is -2.09. The number of hydrogen-bond donors (Lipinski definition) is 3. The van der Waals surface area contributed by atoms with Crippen molar-refractivity contribution in [2.75, 3.05) is 6.16 Å². The molecule has 0 heterocycles. The molecule has 0 aromatic rings. The Morgan fingerprint density at radius 1 is 1.36 bits per heavy atom. The largest absolute Gasteiger partial charge is 0.476 e. The third-order valence-electron chi connectivity index (χ3n) is 0.594. The molecule has 0 aliphatic carbocycles. The monoisotopic (exact) mass is 202 g/mol. The average molecular weight is 202 g/mol. The van der Waals surface area contributed by atoms with Crippen LogP contribution in [0.25, 0.3) is 0 Å². The highest BCUT2D eigenvalue weighted by Crippen LogP contribution is 2.56. The van der Waals surface area contributed by atoms with E-state index in [4.69, 9.17) is 14.7 Å². The van der Waals surface area contributed by atoms with Crippen molar-refractivity contribution in [2.24, 2.45) is 0 Å². The van der Waals surface area contributed by atoms with Crippen molar-refractivity contribution in [3.8, 4) is 0 Å². The zero-order valence-corrected chi connectivity index (χ0v) is 7.24. The van der Waals surface area contributed by atoms with E-state index in [-0.39, 0.29) is 0 Å². The molecule has 0 amide bonds. The number of allylic oxidation sites excluding steroid dienone is 1. The molecular formula is C3H8O6P2. The van der Waals surface area contributed by atoms with Crippen LogP contribution in [0.3, 0.4) is 0 Å². The molecule has 0 fully saturated rings. The third-order valence-corrected chi connectivity index (χ3v) is 3.18. The first-order chi connectivity index (χ1) is 4.77. The van der Waals surface area contributed by atoms with E-state index in [9.17, 15) is 9.13 Å². The minimum atomic E-state index is -4.88. The van der Waals surface area contributed by atoms with Gasteiger partial charge in [-0.15, -0.1) is 6.58 Å². The van der Waals surface area contributed by atoms with E-state index >= 15 is 0 Å². The second-order valence-electron chi connectivity index (χ2n) is 1.68. The van der Waals surface area contributed by atoms with Crippen LogP contribution in [0.5, 0.6) is 0 Å². The molecule has 0 aliphatic heterocycles. The van der Waals surface area contributed by atoms with Gasteiger partial charge < -0.3 is 14.7 Å². The maximum atomic E-state index is 10.6. The molecule has 6 nitrogen and oxygen atoms in total. The van der Waals surface area contributed by atoms with E-state index in [1.54, 1.807) is 0 Å². The standard InChI is InChI=1S/C3H8O6P2/c1-2-3-10(4,5)9-11(6,7)8/h2H,1,3H2,(H,4,5)(H2,6,7,8). The van der Waals surface area contributed by atoms with Gasteiger partial charge in [-0.3, -0.25) is 4.57 Å². The maximum Gasteiger partial charge on any atom is 0.476 e. The molecule has 8 heteroatoms. The maximum absolute atomic E-state index is 10.6. The molecule has 0 radical (unpaired) electrons. The highest BCUT2D eigenvalue weighted by Gasteiger charge is 2.28. The van der Waals surface area contributed by atoms with Crippen LogP contribution in [0, 0.1) is 0 Å². The number of phosphoric acid groups is 1. The molecule has 1 unspecified atom stereocenters. The van der Waals surface area contributed by atoms with Gasteiger partial charge in [0, 0.05) is 0 Å². The quantitative estimate of drug-likeness (QED) is 0.452. The van der Waals surface area contributed by atoms with Gasteiger partial charge in [0.05, 0.1) is 6.16 Å². The smallest absolute Gasteiger partial charge is 0.324 e. The predicted molar refractivity (Wildman–Crippen MR) is 38.0 cm³/mol. The van der Waals surface area contributed by atoms with Crippen LogP contribution >= 0.6 is 15.4 Å². The average Bonchev–Trinajstić information content (AvgIpc) is 1.55. The lowest BCUT2D eigenvalue weighted by atomic mass is 10.8. The van der Waals surface area contributed by atoms with Crippen LogP contribution in [0.4, 0.5) is 0 Å². The Hall–Kier alpha value is 0.0400. The molecule has 0 saturated carbocycles. The lowest BCUT2D eigenvalue weighted by molar-refractivity contribution is 0.264. The van der Waals surface area contributed by atoms with E-state index in [1.807, 2.05) is 0 Å². The SMILES string of the molecule is C=CCP(=O)(O)OP(=O)(O)O. The lowest BCUT2D eigenvalue weighted by Crippen LogP contribution is -1.90. The summed E-state index contributed by atoms with van der Waals surface area (Å²) in [6, 6.07) is 0. The van der Waals surface area contributed by atoms with E-state index in [0.717, 1.165) is 6.08 Å². The normalized spacial score (nSPS) is 17.4. The predicted octanol–water partition coefficient (Wildman–Crippen LogP) is 0.467. The molecule has 1 atom stereocenters. The topological polar surface area (TPSA) is 104 Å². The summed E-state index contributed by atoms with van der Waals surface area (Å²) in [4.78, 5) is 24.8. The van der Waals surface area contributed by atoms with Gasteiger partial charge in [0.1, 0.15) is 0 Å². The Bertz CT molecular complexity index is 228. The third kappa shape index (κ3) is 6.44. The van der Waals surface area contributed by atoms with Gasteiger partial charge in [0.15, 0.2) is 0 Å². The van der Waals surface area contributed by atoms with Gasteiger partial charge in [-0.2, -0.15) is 0 Å². The molecule has 0 aromatic heterocycles. The molecule has 3 N–H and O–H groups in total. The first-order valence-corrected chi connectivity index (χ1v) is 5.76. The van der Waals surface area contributed by atoms with E-state index < -0.39 is 21.6 Å². The Morgan fingerprint density at radius 2 is 1.82 bits per heavy atom. The van der Waals surface area contributed by atoms with Gasteiger partial charge in [-0.1, -0.05) is 6.08 Å². The Morgan fingerprint density at radius 3 is 2.09 bits per heavy atom. The fourth-order valence-electron chi connectivity index (χ4n) is 0.363. The molecule has 0 aliphatic rings. The van der Waals surface area contributed by atoms with Crippen molar-refractivity contribution in [3.05, 3.63) is 12.7 Å². The van der Waals surface area contributed by atoms with Crippen LogP contribution in [0.15, 0.2) is 12.7 Å². The second-order valence-corrected chi connectivity index (χ2v) is 4.96. The van der Waals surface area contributed by atoms with Crippen molar-refractivity contribution in [1.29, 1.82) is 0 Å². The summed E-state index contributed by atoms with van der Waals surface area (Å²) in [6.07, 6.45) is 0.550. The summed E-state index contributed by atoms with van der Waals surface area (Å²) in [6.45, 7) is 3.11. The van der Waals surface area contributed by atoms with Crippen molar-refractivity contribution in [2.45, 2.75) is 0 Å². The molecule has 0 aromatic carbocycles. The van der Waals surface area contributed by atoms with Gasteiger partial charge in [-0.05, 0) is 0 Å². The highest BCUT2D eigenvalue weighted by molar-refractivity contribution is 7.63. The fraction of sp³-hybridized carbons (Fsp3) is 0.333. The molecule has 0 bridgehead atoms. The second kappa shape index (κ2) is 3.63. The Kier molecular flexibility index (Phi) is 3.64. The van der Waals surface area contributed by atoms with Gasteiger partial charge >= 0.3 is 15.4 Å². The first kappa shape index (κ1) is 11.0. The summed E-state index contributed by atoms with van der Waals surface area (Å²) in [7, 11) is -9.07. The van der Waals surface area contributed by atoms with Gasteiger partial charge in [0.2, 0.25) is 0 Å². The van der Waals surface area contributed by atoms with Crippen molar-refractivity contribution < 1.29 is 28.1 Å². The van der Waals surface area contributed by atoms with E-state index in [0.29, 0.717) is 0 Å². The summed E-state index contributed by atoms with van der Waals surface area (Å²) < 4.78 is 24.2. The Balaban J connectivity index is 4.25. The molecular weight excluding hydrogens is 194 g/mol. The van der Waals surface area contributed by atoms with Crippen molar-refractivity contribution in [1.82, 2.24) is 0 Å². The summed E-state index contributed by atoms with van der Waals surface area (Å²) in [5.74, 6) is 0. The molecule has 66 valence electrons. The van der Waals surface area contributed by atoms with Crippen LogP contribution in [0.1, 0.15) is 0 Å². The first-order valence-electron chi connectivity index (χ1n) is 2.46. The van der Waals surface area contributed by atoms with E-state index in [2.05, 4.69) is 10.9 Å². The molecule has 0 saturated heterocycles. The van der Waals surface area contributed by atoms with Crippen molar-refractivity contribution in [3.63, 3.8) is 0 Å². The molecule has 0 rings (SSSR count).